The second-order valence-corrected chi connectivity index (χ2v) is 7.99. The normalized spacial score (nSPS) is 27.1. The molecule has 0 aromatic carbocycles. The zero-order chi connectivity index (χ0) is 19.9. The van der Waals surface area contributed by atoms with Crippen molar-refractivity contribution in [3.63, 3.8) is 0 Å². The Labute approximate surface area is 162 Å². The highest BCUT2D eigenvalue weighted by atomic mass is 16.5. The van der Waals surface area contributed by atoms with Crippen LogP contribution in [-0.2, 0) is 4.74 Å². The third-order valence-electron chi connectivity index (χ3n) is 5.62. The minimum atomic E-state index is -1.10. The van der Waals surface area contributed by atoms with Gasteiger partial charge in [-0.25, -0.2) is 0 Å². The van der Waals surface area contributed by atoms with Gasteiger partial charge in [0.25, 0.3) is 11.9 Å². The summed E-state index contributed by atoms with van der Waals surface area (Å²) in [5.41, 5.74) is -0.907. The molecule has 2 aliphatic rings. The molecule has 1 spiro atoms. The van der Waals surface area contributed by atoms with E-state index >= 15 is 0 Å². The molecule has 2 atom stereocenters. The van der Waals surface area contributed by atoms with Crippen LogP contribution in [-0.4, -0.2) is 63.3 Å². The van der Waals surface area contributed by atoms with Crippen LogP contribution in [0.25, 0.3) is 0 Å². The molecular weight excluding hydrogens is 366 g/mol. The molecular formula is C18H25N5O5. The molecule has 28 heavy (non-hydrogen) atoms. The van der Waals surface area contributed by atoms with Gasteiger partial charge in [-0.1, -0.05) is 5.16 Å². The maximum Gasteiger partial charge on any atom is 0.290 e. The van der Waals surface area contributed by atoms with Crippen LogP contribution >= 0.6 is 0 Å². The van der Waals surface area contributed by atoms with Crippen LogP contribution in [0, 0.1) is 13.8 Å². The quantitative estimate of drug-likeness (QED) is 0.787. The van der Waals surface area contributed by atoms with E-state index in [1.165, 1.54) is 0 Å². The molecule has 2 fully saturated rings. The molecule has 152 valence electrons. The molecule has 0 bridgehead atoms. The molecule has 10 nitrogen and oxygen atoms in total. The fourth-order valence-corrected chi connectivity index (χ4v) is 4.02. The molecule has 2 aliphatic heterocycles. The molecule has 2 saturated heterocycles. The van der Waals surface area contributed by atoms with Crippen LogP contribution in [0.2, 0.25) is 0 Å². The molecule has 2 aromatic rings. The van der Waals surface area contributed by atoms with Gasteiger partial charge in [0.05, 0.1) is 29.5 Å². The number of carbonyl (C=O) groups is 1. The summed E-state index contributed by atoms with van der Waals surface area (Å²) in [5.74, 6) is 0.833. The second-order valence-electron chi connectivity index (χ2n) is 7.99. The lowest BCUT2D eigenvalue weighted by atomic mass is 9.75. The molecule has 10 heteroatoms. The predicted molar refractivity (Wildman–Crippen MR) is 96.9 cm³/mol. The summed E-state index contributed by atoms with van der Waals surface area (Å²) in [6.45, 7) is 6.90. The average molecular weight is 391 g/mol. The fraction of sp³-hybridized carbons (Fsp3) is 0.667. The van der Waals surface area contributed by atoms with Crippen molar-refractivity contribution in [2.75, 3.05) is 24.6 Å². The summed E-state index contributed by atoms with van der Waals surface area (Å²) in [5, 5.41) is 21.5. The van der Waals surface area contributed by atoms with E-state index in [-0.39, 0.29) is 12.4 Å². The first kappa shape index (κ1) is 18.9. The van der Waals surface area contributed by atoms with E-state index in [0.29, 0.717) is 37.0 Å². The number of hydrogen-bond acceptors (Lipinski definition) is 9. The van der Waals surface area contributed by atoms with Crippen LogP contribution in [0.15, 0.2) is 15.1 Å². The number of anilines is 1. The van der Waals surface area contributed by atoms with E-state index in [4.69, 9.17) is 13.8 Å². The summed E-state index contributed by atoms with van der Waals surface area (Å²) in [4.78, 5) is 18.7. The summed E-state index contributed by atoms with van der Waals surface area (Å²) in [6.07, 6.45) is 1.90. The Balaban J connectivity index is 1.38. The van der Waals surface area contributed by atoms with Crippen LogP contribution in [0.1, 0.15) is 48.3 Å². The van der Waals surface area contributed by atoms with E-state index in [0.717, 1.165) is 12.8 Å². The van der Waals surface area contributed by atoms with Crippen molar-refractivity contribution >= 4 is 11.9 Å². The Hall–Kier alpha value is -2.46. The molecule has 4 rings (SSSR count). The van der Waals surface area contributed by atoms with Gasteiger partial charge in [0.15, 0.2) is 0 Å². The number of nitrogens with one attached hydrogen (secondary N) is 1. The number of amides is 1. The molecule has 2 N–H and O–H groups in total. The number of aliphatic hydroxyl groups is 1. The number of aromatic nitrogens is 3. The Bertz CT molecular complexity index is 852. The number of piperidine rings is 1. The first-order chi connectivity index (χ1) is 13.3. The highest BCUT2D eigenvalue weighted by Crippen LogP contribution is 2.40. The van der Waals surface area contributed by atoms with Crippen molar-refractivity contribution < 1.29 is 23.7 Å². The molecule has 1 amide bonds. The first-order valence-corrected chi connectivity index (χ1v) is 9.42. The van der Waals surface area contributed by atoms with Crippen molar-refractivity contribution in [1.82, 2.24) is 20.6 Å². The largest absolute Gasteiger partial charge is 0.388 e. The van der Waals surface area contributed by atoms with E-state index in [2.05, 4.69) is 25.5 Å². The van der Waals surface area contributed by atoms with Crippen LogP contribution in [0.3, 0.4) is 0 Å². The average Bonchev–Trinajstić information content (AvgIpc) is 3.26. The number of ether oxygens (including phenoxy) is 1. The molecule has 2 aromatic heterocycles. The highest BCUT2D eigenvalue weighted by molar-refractivity contribution is 5.91. The van der Waals surface area contributed by atoms with Gasteiger partial charge >= 0.3 is 0 Å². The maximum atomic E-state index is 12.3. The number of aryl methyl sites for hydroxylation is 2. The summed E-state index contributed by atoms with van der Waals surface area (Å²) < 4.78 is 16.2. The van der Waals surface area contributed by atoms with Crippen molar-refractivity contribution in [2.45, 2.75) is 57.3 Å². The Kier molecular flexibility index (Phi) is 4.62. The van der Waals surface area contributed by atoms with Gasteiger partial charge in [-0.3, -0.25) is 4.79 Å². The standard InChI is InChI=1S/C18H25N5O5/c1-11-8-13(28-21-11)15(24)20-14-9-26-18(10-17(14,3)25)4-6-23(7-5-18)16-19-12(2)27-22-16/h8,14,25H,4-7,9-10H2,1-3H3,(H,20,24)/t14-,17-/m0/s1. The van der Waals surface area contributed by atoms with Gasteiger partial charge in [-0.2, -0.15) is 4.98 Å². The predicted octanol–water partition coefficient (Wildman–Crippen LogP) is 0.983. The molecule has 0 saturated carbocycles. The maximum absolute atomic E-state index is 12.3. The van der Waals surface area contributed by atoms with Crippen molar-refractivity contribution in [3.8, 4) is 0 Å². The van der Waals surface area contributed by atoms with E-state index in [1.807, 2.05) is 0 Å². The zero-order valence-corrected chi connectivity index (χ0v) is 16.3. The van der Waals surface area contributed by atoms with Crippen LogP contribution in [0.5, 0.6) is 0 Å². The molecule has 0 aliphatic carbocycles. The van der Waals surface area contributed by atoms with Gasteiger partial charge in [-0.05, 0) is 31.8 Å². The number of nitrogens with zero attached hydrogens (tertiary/aromatic N) is 4. The topological polar surface area (TPSA) is 127 Å². The Morgan fingerprint density at radius 3 is 2.61 bits per heavy atom. The van der Waals surface area contributed by atoms with Gasteiger partial charge in [0.2, 0.25) is 11.7 Å². The third kappa shape index (κ3) is 3.61. The van der Waals surface area contributed by atoms with E-state index in [9.17, 15) is 9.90 Å². The lowest BCUT2D eigenvalue weighted by molar-refractivity contribution is -0.176. The fourth-order valence-electron chi connectivity index (χ4n) is 4.02. The van der Waals surface area contributed by atoms with Crippen LogP contribution in [0.4, 0.5) is 5.95 Å². The highest BCUT2D eigenvalue weighted by Gasteiger charge is 2.50. The lowest BCUT2D eigenvalue weighted by Crippen LogP contribution is -2.64. The van der Waals surface area contributed by atoms with Crippen molar-refractivity contribution in [1.29, 1.82) is 0 Å². The molecule has 0 radical (unpaired) electrons. The zero-order valence-electron chi connectivity index (χ0n) is 16.3. The second kappa shape index (κ2) is 6.85. The molecule has 0 unspecified atom stereocenters. The first-order valence-electron chi connectivity index (χ1n) is 9.42. The summed E-state index contributed by atoms with van der Waals surface area (Å²) >= 11 is 0. The minimum absolute atomic E-state index is 0.123. The van der Waals surface area contributed by atoms with Gasteiger partial charge in [0.1, 0.15) is 0 Å². The molecule has 4 heterocycles. The van der Waals surface area contributed by atoms with E-state index < -0.39 is 23.2 Å². The van der Waals surface area contributed by atoms with Gasteiger partial charge in [0, 0.05) is 32.5 Å². The van der Waals surface area contributed by atoms with Crippen molar-refractivity contribution in [2.24, 2.45) is 0 Å². The monoisotopic (exact) mass is 391 g/mol. The number of carbonyl (C=O) groups excluding carboxylic acids is 1. The summed E-state index contributed by atoms with van der Waals surface area (Å²) in [7, 11) is 0. The van der Waals surface area contributed by atoms with Crippen LogP contribution < -0.4 is 10.2 Å². The van der Waals surface area contributed by atoms with Gasteiger partial charge < -0.3 is 29.1 Å². The van der Waals surface area contributed by atoms with Crippen molar-refractivity contribution in [3.05, 3.63) is 23.4 Å². The minimum Gasteiger partial charge on any atom is -0.388 e. The van der Waals surface area contributed by atoms with Gasteiger partial charge in [-0.15, -0.1) is 0 Å². The summed E-state index contributed by atoms with van der Waals surface area (Å²) in [6, 6.07) is 1.03. The SMILES string of the molecule is Cc1cc(C(=O)N[C@H]2COC3(CCN(c4noc(C)n4)CC3)C[C@]2(C)O)on1. The Morgan fingerprint density at radius 1 is 1.29 bits per heavy atom. The number of rotatable bonds is 3. The Morgan fingerprint density at radius 2 is 2.04 bits per heavy atom. The van der Waals surface area contributed by atoms with E-state index in [1.54, 1.807) is 26.8 Å². The number of hydrogen-bond donors (Lipinski definition) is 2. The lowest BCUT2D eigenvalue weighted by Gasteiger charge is -2.51. The smallest absolute Gasteiger partial charge is 0.290 e. The third-order valence-corrected chi connectivity index (χ3v) is 5.62.